The van der Waals surface area contributed by atoms with Crippen LogP contribution in [0, 0.1) is 0 Å². The van der Waals surface area contributed by atoms with Crippen molar-refractivity contribution >= 4 is 33.2 Å². The van der Waals surface area contributed by atoms with Crippen LogP contribution >= 0.6 is 11.6 Å². The van der Waals surface area contributed by atoms with Gasteiger partial charge in [-0.15, -0.1) is 0 Å². The van der Waals surface area contributed by atoms with E-state index in [0.717, 1.165) is 4.31 Å². The number of hydrogen-bond donors (Lipinski definition) is 1. The number of ether oxygens (including phenoxy) is 1. The molecule has 2 aromatic rings. The van der Waals surface area contributed by atoms with E-state index >= 15 is 0 Å². The van der Waals surface area contributed by atoms with Gasteiger partial charge < -0.3 is 10.1 Å². The molecule has 0 radical (unpaired) electrons. The van der Waals surface area contributed by atoms with Crippen molar-refractivity contribution < 1.29 is 17.9 Å². The number of nitrogens with one attached hydrogen (secondary N) is 1. The quantitative estimate of drug-likeness (QED) is 0.833. The zero-order chi connectivity index (χ0) is 18.6. The third-order valence-corrected chi connectivity index (χ3v) is 5.51. The molecule has 0 aliphatic carbocycles. The van der Waals surface area contributed by atoms with Gasteiger partial charge in [0.25, 0.3) is 5.91 Å². The molecule has 0 aromatic heterocycles. The van der Waals surface area contributed by atoms with Crippen LogP contribution in [0.2, 0.25) is 5.02 Å². The Kier molecular flexibility index (Phi) is 6.05. The largest absolute Gasteiger partial charge is 0.479 e. The van der Waals surface area contributed by atoms with Crippen molar-refractivity contribution in [2.24, 2.45) is 0 Å². The van der Waals surface area contributed by atoms with Crippen molar-refractivity contribution in [1.82, 2.24) is 4.31 Å². The average molecular weight is 383 g/mol. The second-order valence-electron chi connectivity index (χ2n) is 5.50. The maximum Gasteiger partial charge on any atom is 0.265 e. The summed E-state index contributed by atoms with van der Waals surface area (Å²) in [6.45, 7) is 1.58. The van der Waals surface area contributed by atoms with Crippen LogP contribution in [-0.4, -0.2) is 38.8 Å². The Morgan fingerprint density at radius 3 is 2.48 bits per heavy atom. The van der Waals surface area contributed by atoms with E-state index in [-0.39, 0.29) is 4.90 Å². The molecule has 2 aromatic carbocycles. The van der Waals surface area contributed by atoms with E-state index in [1.807, 2.05) is 0 Å². The molecule has 0 heterocycles. The van der Waals surface area contributed by atoms with Gasteiger partial charge in [0, 0.05) is 19.8 Å². The number of amides is 1. The fourth-order valence-corrected chi connectivity index (χ4v) is 3.10. The molecule has 2 rings (SSSR count). The maximum atomic E-state index is 12.3. The Bertz CT molecular complexity index is 868. The van der Waals surface area contributed by atoms with E-state index in [1.165, 1.54) is 26.2 Å². The topological polar surface area (TPSA) is 75.7 Å². The molecule has 0 spiro atoms. The molecule has 0 fully saturated rings. The van der Waals surface area contributed by atoms with Crippen molar-refractivity contribution in [3.63, 3.8) is 0 Å². The summed E-state index contributed by atoms with van der Waals surface area (Å²) in [7, 11) is -0.687. The van der Waals surface area contributed by atoms with Crippen molar-refractivity contribution in [2.75, 3.05) is 19.4 Å². The average Bonchev–Trinajstić information content (AvgIpc) is 2.57. The molecule has 0 saturated carbocycles. The highest BCUT2D eigenvalue weighted by molar-refractivity contribution is 7.89. The van der Waals surface area contributed by atoms with Crippen LogP contribution in [0.3, 0.4) is 0 Å². The highest BCUT2D eigenvalue weighted by atomic mass is 35.5. The number of rotatable bonds is 6. The fourth-order valence-electron chi connectivity index (χ4n) is 1.97. The minimum Gasteiger partial charge on any atom is -0.479 e. The predicted octanol–water partition coefficient (Wildman–Crippen LogP) is 3.00. The normalized spacial score (nSPS) is 12.7. The van der Waals surface area contributed by atoms with E-state index in [4.69, 9.17) is 16.3 Å². The first-order valence-electron chi connectivity index (χ1n) is 7.46. The number of hydrogen-bond acceptors (Lipinski definition) is 4. The second kappa shape index (κ2) is 7.86. The van der Waals surface area contributed by atoms with Crippen LogP contribution in [0.5, 0.6) is 5.75 Å². The van der Waals surface area contributed by atoms with Gasteiger partial charge >= 0.3 is 0 Å². The molecule has 0 unspecified atom stereocenters. The Balaban J connectivity index is 2.12. The van der Waals surface area contributed by atoms with Gasteiger partial charge in [-0.1, -0.05) is 29.8 Å². The van der Waals surface area contributed by atoms with Gasteiger partial charge in [-0.05, 0) is 37.3 Å². The summed E-state index contributed by atoms with van der Waals surface area (Å²) in [5.74, 6) is -0.0185. The summed E-state index contributed by atoms with van der Waals surface area (Å²) >= 11 is 6.01. The highest BCUT2D eigenvalue weighted by Gasteiger charge is 2.19. The van der Waals surface area contributed by atoms with E-state index in [2.05, 4.69) is 5.32 Å². The van der Waals surface area contributed by atoms with E-state index < -0.39 is 22.0 Å². The number of halogens is 1. The summed E-state index contributed by atoms with van der Waals surface area (Å²) in [6, 6.07) is 12.9. The van der Waals surface area contributed by atoms with E-state index in [9.17, 15) is 13.2 Å². The van der Waals surface area contributed by atoms with Crippen LogP contribution in [0.4, 0.5) is 5.69 Å². The molecule has 0 aliphatic heterocycles. The SMILES string of the molecule is C[C@H](Oc1ccccc1Cl)C(=O)Nc1cccc(S(=O)(=O)N(C)C)c1. The van der Waals surface area contributed by atoms with Crippen molar-refractivity contribution in [3.8, 4) is 5.75 Å². The number of anilines is 1. The lowest BCUT2D eigenvalue weighted by Gasteiger charge is -2.16. The predicted molar refractivity (Wildman–Crippen MR) is 97.5 cm³/mol. The second-order valence-corrected chi connectivity index (χ2v) is 8.05. The summed E-state index contributed by atoms with van der Waals surface area (Å²) in [5.41, 5.74) is 0.363. The molecule has 1 N–H and O–H groups in total. The lowest BCUT2D eigenvalue weighted by molar-refractivity contribution is -0.122. The molecule has 1 atom stereocenters. The summed E-state index contributed by atoms with van der Waals surface area (Å²) < 4.78 is 31.0. The fraction of sp³-hybridized carbons (Fsp3) is 0.235. The minimum absolute atomic E-state index is 0.0926. The number of carbonyl (C=O) groups excluding carboxylic acids is 1. The minimum atomic E-state index is -3.58. The van der Waals surface area contributed by atoms with Crippen LogP contribution < -0.4 is 10.1 Å². The van der Waals surface area contributed by atoms with Gasteiger partial charge in [-0.25, -0.2) is 12.7 Å². The molecule has 0 saturated heterocycles. The van der Waals surface area contributed by atoms with Crippen molar-refractivity contribution in [3.05, 3.63) is 53.6 Å². The summed E-state index contributed by atoms with van der Waals surface area (Å²) in [4.78, 5) is 12.4. The molecule has 0 aliphatic rings. The first kappa shape index (κ1) is 19.2. The van der Waals surface area contributed by atoms with Gasteiger partial charge in [0.1, 0.15) is 5.75 Å². The monoisotopic (exact) mass is 382 g/mol. The molecule has 1 amide bonds. The molecule has 8 heteroatoms. The third-order valence-electron chi connectivity index (χ3n) is 3.39. The van der Waals surface area contributed by atoms with Gasteiger partial charge in [0.05, 0.1) is 9.92 Å². The van der Waals surface area contributed by atoms with Crippen molar-refractivity contribution in [2.45, 2.75) is 17.9 Å². The third kappa shape index (κ3) is 4.72. The number of nitrogens with zero attached hydrogens (tertiary/aromatic N) is 1. The Labute approximate surface area is 152 Å². The van der Waals surface area contributed by atoms with Crippen LogP contribution in [0.15, 0.2) is 53.4 Å². The zero-order valence-corrected chi connectivity index (χ0v) is 15.6. The first-order chi connectivity index (χ1) is 11.7. The Morgan fingerprint density at radius 1 is 1.16 bits per heavy atom. The van der Waals surface area contributed by atoms with Gasteiger partial charge in [-0.2, -0.15) is 0 Å². The number of para-hydroxylation sites is 1. The smallest absolute Gasteiger partial charge is 0.265 e. The molecule has 134 valence electrons. The number of benzene rings is 2. The van der Waals surface area contributed by atoms with Crippen LogP contribution in [0.1, 0.15) is 6.92 Å². The maximum absolute atomic E-state index is 12.3. The van der Waals surface area contributed by atoms with Gasteiger partial charge in [-0.3, -0.25) is 4.79 Å². The lowest BCUT2D eigenvalue weighted by atomic mass is 10.3. The van der Waals surface area contributed by atoms with E-state index in [1.54, 1.807) is 43.3 Å². The van der Waals surface area contributed by atoms with Crippen LogP contribution in [0.25, 0.3) is 0 Å². The first-order valence-corrected chi connectivity index (χ1v) is 9.28. The number of sulfonamides is 1. The Hall–Kier alpha value is -2.09. The highest BCUT2D eigenvalue weighted by Crippen LogP contribution is 2.24. The molecular weight excluding hydrogens is 364 g/mol. The van der Waals surface area contributed by atoms with Gasteiger partial charge in [0.2, 0.25) is 10.0 Å². The molecule has 6 nitrogen and oxygen atoms in total. The summed E-state index contributed by atoms with van der Waals surface area (Å²) in [6.07, 6.45) is -0.811. The van der Waals surface area contributed by atoms with Crippen molar-refractivity contribution in [1.29, 1.82) is 0 Å². The van der Waals surface area contributed by atoms with Crippen LogP contribution in [-0.2, 0) is 14.8 Å². The number of carbonyl (C=O) groups is 1. The molecule has 0 bridgehead atoms. The van der Waals surface area contributed by atoms with Gasteiger partial charge in [0.15, 0.2) is 6.10 Å². The van der Waals surface area contributed by atoms with E-state index in [0.29, 0.717) is 16.5 Å². The molecule has 25 heavy (non-hydrogen) atoms. The standard InChI is InChI=1S/C17H19ClN2O4S/c1-12(24-16-10-5-4-9-15(16)18)17(21)19-13-7-6-8-14(11-13)25(22,23)20(2)3/h4-12H,1-3H3,(H,19,21)/t12-/m0/s1. The summed E-state index contributed by atoms with van der Waals surface area (Å²) in [5, 5.41) is 3.05. The zero-order valence-electron chi connectivity index (χ0n) is 14.1. The lowest BCUT2D eigenvalue weighted by Crippen LogP contribution is -2.30. The Morgan fingerprint density at radius 2 is 1.84 bits per heavy atom. The molecular formula is C17H19ClN2O4S.